The third-order valence-corrected chi connectivity index (χ3v) is 3.35. The fourth-order valence-electron chi connectivity index (χ4n) is 1.91. The molecule has 1 aliphatic rings. The second-order valence-corrected chi connectivity index (χ2v) is 4.94. The maximum atomic E-state index is 12.4. The Hall–Kier alpha value is -0.855. The van der Waals surface area contributed by atoms with Crippen LogP contribution >= 0.6 is 11.8 Å². The summed E-state index contributed by atoms with van der Waals surface area (Å²) in [6.07, 6.45) is 1.13. The van der Waals surface area contributed by atoms with E-state index >= 15 is 0 Å². The minimum atomic E-state index is -4.39. The van der Waals surface area contributed by atoms with Gasteiger partial charge in [-0.2, -0.15) is 13.2 Å². The van der Waals surface area contributed by atoms with Crippen molar-refractivity contribution in [3.05, 3.63) is 17.7 Å². The first-order chi connectivity index (χ1) is 8.38. The number of thioether (sulfide) groups is 1. The lowest BCUT2D eigenvalue weighted by molar-refractivity contribution is -0.0329. The van der Waals surface area contributed by atoms with E-state index in [4.69, 9.17) is 4.74 Å². The first kappa shape index (κ1) is 13.6. The van der Waals surface area contributed by atoms with Gasteiger partial charge < -0.3 is 14.8 Å². The predicted octanol–water partition coefficient (Wildman–Crippen LogP) is 1.30. The Morgan fingerprint density at radius 3 is 2.61 bits per heavy atom. The highest BCUT2D eigenvalue weighted by Gasteiger charge is 2.33. The fraction of sp³-hybridized carbons (Fsp3) is 0.400. The molecule has 2 N–H and O–H groups in total. The average Bonchev–Trinajstić information content (AvgIpc) is 2.27. The van der Waals surface area contributed by atoms with Gasteiger partial charge in [-0.05, 0) is 41.7 Å². The zero-order chi connectivity index (χ0) is 13.3. The van der Waals surface area contributed by atoms with Crippen molar-refractivity contribution in [3.8, 4) is 5.75 Å². The largest absolute Gasteiger partial charge is 0.492 e. The minimum absolute atomic E-state index is 0.0402. The summed E-state index contributed by atoms with van der Waals surface area (Å²) in [7, 11) is -1.70. The molecule has 0 aliphatic carbocycles. The van der Waals surface area contributed by atoms with E-state index in [9.17, 15) is 23.2 Å². The average molecular weight is 278 g/mol. The fourth-order valence-corrected chi connectivity index (χ4v) is 2.57. The van der Waals surface area contributed by atoms with Crippen LogP contribution in [0.15, 0.2) is 17.0 Å². The number of rotatable bonds is 2. The van der Waals surface area contributed by atoms with Crippen molar-refractivity contribution in [3.63, 3.8) is 0 Å². The molecule has 1 aromatic carbocycles. The van der Waals surface area contributed by atoms with Crippen LogP contribution in [0.5, 0.6) is 5.75 Å². The summed E-state index contributed by atoms with van der Waals surface area (Å²) in [5.74, 6) is 0.120. The third-order valence-electron chi connectivity index (χ3n) is 2.58. The molecular weight excluding hydrogens is 268 g/mol. The molecule has 0 saturated carbocycles. The van der Waals surface area contributed by atoms with E-state index in [1.54, 1.807) is 0 Å². The molecule has 0 unspecified atom stereocenters. The predicted molar refractivity (Wildman–Crippen MR) is 62.0 cm³/mol. The minimum Gasteiger partial charge on any atom is -0.492 e. The number of fused-ring (bicyclic) bond motifs is 1. The Bertz CT molecular complexity index is 451. The van der Waals surface area contributed by atoms with E-state index in [2.05, 4.69) is 0 Å². The summed E-state index contributed by atoms with van der Waals surface area (Å²) in [4.78, 5) is -0.0402. The number of halogens is 3. The summed E-state index contributed by atoms with van der Waals surface area (Å²) in [6, 6.07) is 2.50. The second kappa shape index (κ2) is 5.03. The smallest absolute Gasteiger partial charge is 0.488 e. The van der Waals surface area contributed by atoms with Crippen molar-refractivity contribution in [1.82, 2.24) is 0 Å². The van der Waals surface area contributed by atoms with E-state index in [0.717, 1.165) is 0 Å². The van der Waals surface area contributed by atoms with E-state index in [1.807, 2.05) is 0 Å². The molecule has 0 bridgehead atoms. The number of benzene rings is 1. The van der Waals surface area contributed by atoms with Gasteiger partial charge in [0.2, 0.25) is 0 Å². The molecule has 3 nitrogen and oxygen atoms in total. The normalized spacial score (nSPS) is 14.9. The van der Waals surface area contributed by atoms with Gasteiger partial charge in [-0.3, -0.25) is 0 Å². The van der Waals surface area contributed by atoms with Crippen molar-refractivity contribution < 1.29 is 28.0 Å². The third kappa shape index (κ3) is 2.93. The van der Waals surface area contributed by atoms with Crippen LogP contribution in [0.25, 0.3) is 0 Å². The van der Waals surface area contributed by atoms with Crippen LogP contribution < -0.4 is 10.2 Å². The lowest BCUT2D eigenvalue weighted by Gasteiger charge is -2.23. The highest BCUT2D eigenvalue weighted by molar-refractivity contribution is 8.00. The summed E-state index contributed by atoms with van der Waals surface area (Å²) < 4.78 is 42.4. The van der Waals surface area contributed by atoms with E-state index in [0.29, 0.717) is 25.0 Å². The Kier molecular flexibility index (Phi) is 3.79. The maximum Gasteiger partial charge on any atom is 0.488 e. The molecule has 0 fully saturated rings. The van der Waals surface area contributed by atoms with Crippen molar-refractivity contribution in [2.24, 2.45) is 0 Å². The molecule has 1 aliphatic heterocycles. The van der Waals surface area contributed by atoms with Crippen LogP contribution in [0.1, 0.15) is 12.0 Å². The Morgan fingerprint density at radius 2 is 2.00 bits per heavy atom. The van der Waals surface area contributed by atoms with Crippen LogP contribution in [0.4, 0.5) is 13.2 Å². The Morgan fingerprint density at radius 1 is 1.28 bits per heavy atom. The van der Waals surface area contributed by atoms with Crippen molar-refractivity contribution >= 4 is 24.3 Å². The van der Waals surface area contributed by atoms with Gasteiger partial charge in [0.25, 0.3) is 0 Å². The Labute approximate surface area is 106 Å². The summed E-state index contributed by atoms with van der Waals surface area (Å²) >= 11 is -0.252. The van der Waals surface area contributed by atoms with Crippen molar-refractivity contribution in [2.45, 2.75) is 23.2 Å². The maximum absolute atomic E-state index is 12.4. The molecule has 0 saturated heterocycles. The molecule has 0 spiro atoms. The van der Waals surface area contributed by atoms with E-state index in [-0.39, 0.29) is 27.9 Å². The zero-order valence-corrected chi connectivity index (χ0v) is 10.0. The summed E-state index contributed by atoms with van der Waals surface area (Å²) in [5.41, 5.74) is -3.74. The molecule has 0 atom stereocenters. The van der Waals surface area contributed by atoms with Crippen molar-refractivity contribution in [2.75, 3.05) is 6.61 Å². The standard InChI is InChI=1S/C10H10BF3O3S/c12-10(13,14)18-8-4-3-7(11(15)16)6-2-1-5-17-9(6)8/h3-4,15-16H,1-2,5H2. The van der Waals surface area contributed by atoms with Gasteiger partial charge in [0.15, 0.2) is 0 Å². The van der Waals surface area contributed by atoms with Crippen LogP contribution in [0.3, 0.4) is 0 Å². The van der Waals surface area contributed by atoms with Gasteiger partial charge in [-0.1, -0.05) is 6.07 Å². The molecule has 1 heterocycles. The second-order valence-electron chi connectivity index (χ2n) is 3.83. The summed E-state index contributed by atoms with van der Waals surface area (Å²) in [6.45, 7) is 0.337. The van der Waals surface area contributed by atoms with Crippen LogP contribution in [-0.2, 0) is 6.42 Å². The first-order valence-corrected chi connectivity index (χ1v) is 6.10. The highest BCUT2D eigenvalue weighted by atomic mass is 32.2. The van der Waals surface area contributed by atoms with Gasteiger partial charge >= 0.3 is 12.6 Å². The molecule has 0 radical (unpaired) electrons. The lowest BCUT2D eigenvalue weighted by atomic mass is 9.75. The molecule has 1 aromatic rings. The van der Waals surface area contributed by atoms with Gasteiger partial charge in [0.1, 0.15) is 5.75 Å². The molecule has 8 heteroatoms. The van der Waals surface area contributed by atoms with Gasteiger partial charge in [-0.25, -0.2) is 0 Å². The number of ether oxygens (including phenoxy) is 1. The van der Waals surface area contributed by atoms with E-state index < -0.39 is 12.6 Å². The number of alkyl halides is 3. The molecule has 0 aromatic heterocycles. The zero-order valence-electron chi connectivity index (χ0n) is 9.20. The lowest BCUT2D eigenvalue weighted by Crippen LogP contribution is -2.34. The molecule has 2 rings (SSSR count). The van der Waals surface area contributed by atoms with E-state index in [1.165, 1.54) is 12.1 Å². The number of hydrogen-bond acceptors (Lipinski definition) is 4. The molecular formula is C10H10BF3O3S. The first-order valence-electron chi connectivity index (χ1n) is 5.29. The monoisotopic (exact) mass is 278 g/mol. The molecule has 18 heavy (non-hydrogen) atoms. The Balaban J connectivity index is 2.44. The van der Waals surface area contributed by atoms with Crippen molar-refractivity contribution in [1.29, 1.82) is 0 Å². The van der Waals surface area contributed by atoms with Gasteiger partial charge in [0.05, 0.1) is 11.5 Å². The topological polar surface area (TPSA) is 49.7 Å². The summed E-state index contributed by atoms with van der Waals surface area (Å²) in [5, 5.41) is 18.3. The molecule has 0 amide bonds. The SMILES string of the molecule is OB(O)c1ccc(SC(F)(F)F)c2c1CCCO2. The molecule has 98 valence electrons. The van der Waals surface area contributed by atoms with Crippen LogP contribution in [0, 0.1) is 0 Å². The number of hydrogen-bond donors (Lipinski definition) is 2. The quantitative estimate of drug-likeness (QED) is 0.632. The van der Waals surface area contributed by atoms with Crippen LogP contribution in [-0.4, -0.2) is 29.3 Å². The highest BCUT2D eigenvalue weighted by Crippen LogP contribution is 2.43. The van der Waals surface area contributed by atoms with Crippen LogP contribution in [0.2, 0.25) is 0 Å². The van der Waals surface area contributed by atoms with Gasteiger partial charge in [-0.15, -0.1) is 0 Å². The van der Waals surface area contributed by atoms with Gasteiger partial charge in [0, 0.05) is 0 Å².